The summed E-state index contributed by atoms with van der Waals surface area (Å²) in [6.07, 6.45) is 84.4. The van der Waals surface area contributed by atoms with Gasteiger partial charge in [-0.05, 0) is 89.9 Å². The molecule has 0 spiro atoms. The van der Waals surface area contributed by atoms with Crippen LogP contribution in [0.3, 0.4) is 0 Å². The van der Waals surface area contributed by atoms with Crippen molar-refractivity contribution in [2.24, 2.45) is 0 Å². The molecule has 0 aliphatic heterocycles. The fraction of sp³-hybridized carbons (Fsp3) is 0.826. The second kappa shape index (κ2) is 64.1. The molecule has 2 atom stereocenters. The van der Waals surface area contributed by atoms with Gasteiger partial charge in [-0.15, -0.1) is 0 Å². The maximum Gasteiger partial charge on any atom is 0.305 e. The zero-order valence-electron chi connectivity index (χ0n) is 50.0. The van der Waals surface area contributed by atoms with Crippen molar-refractivity contribution in [1.29, 1.82) is 0 Å². The van der Waals surface area contributed by atoms with Crippen LogP contribution >= 0.6 is 0 Å². The van der Waals surface area contributed by atoms with E-state index in [-0.39, 0.29) is 18.5 Å². The molecule has 0 aromatic carbocycles. The van der Waals surface area contributed by atoms with E-state index in [1.54, 1.807) is 6.08 Å². The lowest BCUT2D eigenvalue weighted by atomic mass is 10.0. The molecule has 0 heterocycles. The van der Waals surface area contributed by atoms with Crippen molar-refractivity contribution in [2.75, 3.05) is 13.2 Å². The molecule has 0 aliphatic carbocycles. The minimum absolute atomic E-state index is 0.00200. The van der Waals surface area contributed by atoms with Crippen molar-refractivity contribution in [3.05, 3.63) is 60.8 Å². The molecule has 438 valence electrons. The number of allylic oxidation sites excluding steroid dienone is 9. The zero-order chi connectivity index (χ0) is 54.3. The van der Waals surface area contributed by atoms with Crippen molar-refractivity contribution in [3.8, 4) is 0 Å². The van der Waals surface area contributed by atoms with E-state index in [0.717, 1.165) is 57.8 Å². The number of unbranched alkanes of at least 4 members (excludes halogenated alkanes) is 42. The summed E-state index contributed by atoms with van der Waals surface area (Å²) < 4.78 is 5.47. The molecule has 0 aromatic rings. The molecule has 0 aliphatic rings. The van der Waals surface area contributed by atoms with E-state index < -0.39 is 12.1 Å². The van der Waals surface area contributed by atoms with Gasteiger partial charge in [0.2, 0.25) is 5.91 Å². The standard InChI is InChI=1S/C69H127NO5/c1-3-5-7-9-11-13-15-38-43-47-51-55-59-63-69(74)75-64-60-56-52-48-44-40-37-35-33-31-29-27-25-23-21-19-17-18-20-22-24-26-28-30-32-34-36-39-42-46-50-54-58-62-68(73)70-66(65-71)67(72)61-57-53-49-45-41-16-14-12-10-8-6-4-2/h7,9,13,15,21,23,27,29,57,61,66-67,71-72H,3-6,8,10-12,14,16-20,22,24-26,28,30-56,58-60,62-65H2,1-2H3,(H,70,73)/b9-7-,15-13-,23-21-,29-27-,61-57+. The average molecular weight is 1050 g/mol. The molecule has 0 saturated carbocycles. The maximum atomic E-state index is 12.4. The number of hydrogen-bond donors (Lipinski definition) is 3. The quantitative estimate of drug-likeness (QED) is 0.0320. The van der Waals surface area contributed by atoms with E-state index in [1.807, 2.05) is 6.08 Å². The van der Waals surface area contributed by atoms with Gasteiger partial charge in [-0.1, -0.05) is 299 Å². The normalized spacial score (nSPS) is 13.0. The number of hydrogen-bond acceptors (Lipinski definition) is 5. The van der Waals surface area contributed by atoms with E-state index in [0.29, 0.717) is 19.4 Å². The van der Waals surface area contributed by atoms with Crippen LogP contribution in [0.2, 0.25) is 0 Å². The van der Waals surface area contributed by atoms with Crippen LogP contribution in [0, 0.1) is 0 Å². The predicted octanol–water partition coefficient (Wildman–Crippen LogP) is 21.1. The van der Waals surface area contributed by atoms with Gasteiger partial charge in [0.15, 0.2) is 0 Å². The van der Waals surface area contributed by atoms with Crippen molar-refractivity contribution in [3.63, 3.8) is 0 Å². The molecule has 0 radical (unpaired) electrons. The maximum absolute atomic E-state index is 12.4. The first-order valence-corrected chi connectivity index (χ1v) is 33.1. The summed E-state index contributed by atoms with van der Waals surface area (Å²) >= 11 is 0. The highest BCUT2D eigenvalue weighted by Crippen LogP contribution is 2.17. The number of carbonyl (C=O) groups is 2. The summed E-state index contributed by atoms with van der Waals surface area (Å²) in [6, 6.07) is -0.626. The molecule has 6 heteroatoms. The Labute approximate surface area is 467 Å². The van der Waals surface area contributed by atoms with Gasteiger partial charge in [-0.25, -0.2) is 0 Å². The molecule has 3 N–H and O–H groups in total. The van der Waals surface area contributed by atoms with Gasteiger partial charge in [0.1, 0.15) is 0 Å². The van der Waals surface area contributed by atoms with E-state index in [2.05, 4.69) is 67.8 Å². The van der Waals surface area contributed by atoms with Crippen LogP contribution in [-0.4, -0.2) is 47.4 Å². The third kappa shape index (κ3) is 60.6. The van der Waals surface area contributed by atoms with Crippen molar-refractivity contribution >= 4 is 11.9 Å². The van der Waals surface area contributed by atoms with Crippen LogP contribution in [-0.2, 0) is 14.3 Å². The van der Waals surface area contributed by atoms with Gasteiger partial charge < -0.3 is 20.3 Å². The van der Waals surface area contributed by atoms with Gasteiger partial charge in [-0.3, -0.25) is 9.59 Å². The van der Waals surface area contributed by atoms with Crippen LogP contribution in [0.15, 0.2) is 60.8 Å². The van der Waals surface area contributed by atoms with Gasteiger partial charge in [0, 0.05) is 12.8 Å². The third-order valence-corrected chi connectivity index (χ3v) is 15.0. The predicted molar refractivity (Wildman–Crippen MR) is 328 cm³/mol. The van der Waals surface area contributed by atoms with Crippen LogP contribution < -0.4 is 5.32 Å². The summed E-state index contributed by atoms with van der Waals surface area (Å²) in [4.78, 5) is 24.5. The Bertz CT molecular complexity index is 1300. The lowest BCUT2D eigenvalue weighted by Crippen LogP contribution is -2.45. The SMILES string of the molecule is CCC/C=C\C/C=C\CCCCCCCC(=O)OCCCCCCCCCCC/C=C\C/C=C\CCCCCCCCCCCCCCCCCCCC(=O)NC(CO)C(O)/C=C/CCCCCCCCCCCC. The molecule has 0 aromatic heterocycles. The average Bonchev–Trinajstić information content (AvgIpc) is 3.41. The number of esters is 1. The summed E-state index contributed by atoms with van der Waals surface area (Å²) in [7, 11) is 0. The summed E-state index contributed by atoms with van der Waals surface area (Å²) in [6.45, 7) is 4.83. The minimum atomic E-state index is -0.843. The van der Waals surface area contributed by atoms with Crippen LogP contribution in [0.25, 0.3) is 0 Å². The highest BCUT2D eigenvalue weighted by molar-refractivity contribution is 5.76. The molecule has 0 saturated heterocycles. The first kappa shape index (κ1) is 72.6. The smallest absolute Gasteiger partial charge is 0.305 e. The molecular weight excluding hydrogens is 923 g/mol. The van der Waals surface area contributed by atoms with E-state index in [9.17, 15) is 19.8 Å². The highest BCUT2D eigenvalue weighted by atomic mass is 16.5. The molecule has 6 nitrogen and oxygen atoms in total. The van der Waals surface area contributed by atoms with E-state index >= 15 is 0 Å². The molecule has 0 fully saturated rings. The third-order valence-electron chi connectivity index (χ3n) is 15.0. The topological polar surface area (TPSA) is 95.9 Å². The second-order valence-electron chi connectivity index (χ2n) is 22.4. The number of amides is 1. The van der Waals surface area contributed by atoms with Gasteiger partial charge in [0.25, 0.3) is 0 Å². The Morgan fingerprint density at radius 2 is 0.693 bits per heavy atom. The molecule has 0 rings (SSSR count). The number of aliphatic hydroxyl groups is 2. The Kier molecular flexibility index (Phi) is 62.0. The minimum Gasteiger partial charge on any atom is -0.466 e. The Hall–Kier alpha value is -2.44. The first-order valence-electron chi connectivity index (χ1n) is 33.1. The summed E-state index contributed by atoms with van der Waals surface area (Å²) in [5, 5.41) is 23.1. The van der Waals surface area contributed by atoms with Gasteiger partial charge in [0.05, 0.1) is 25.4 Å². The molecule has 1 amide bonds. The van der Waals surface area contributed by atoms with Gasteiger partial charge in [-0.2, -0.15) is 0 Å². The largest absolute Gasteiger partial charge is 0.466 e. The number of ether oxygens (including phenoxy) is 1. The number of nitrogens with one attached hydrogen (secondary N) is 1. The summed E-state index contributed by atoms with van der Waals surface area (Å²) in [5.74, 6) is -0.0685. The Balaban J connectivity index is 3.39. The number of rotatable bonds is 61. The molecular formula is C69H127NO5. The second-order valence-corrected chi connectivity index (χ2v) is 22.4. The Morgan fingerprint density at radius 3 is 1.07 bits per heavy atom. The monoisotopic (exact) mass is 1050 g/mol. The van der Waals surface area contributed by atoms with Crippen LogP contribution in [0.4, 0.5) is 0 Å². The van der Waals surface area contributed by atoms with E-state index in [4.69, 9.17) is 4.74 Å². The lowest BCUT2D eigenvalue weighted by molar-refractivity contribution is -0.143. The number of aliphatic hydroxyl groups excluding tert-OH is 2. The molecule has 2 unspecified atom stereocenters. The summed E-state index contributed by atoms with van der Waals surface area (Å²) in [5.41, 5.74) is 0. The molecule has 75 heavy (non-hydrogen) atoms. The molecule has 0 bridgehead atoms. The van der Waals surface area contributed by atoms with Gasteiger partial charge >= 0.3 is 5.97 Å². The fourth-order valence-electron chi connectivity index (χ4n) is 9.94. The first-order chi connectivity index (χ1) is 37.0. The van der Waals surface area contributed by atoms with Crippen molar-refractivity contribution < 1.29 is 24.5 Å². The van der Waals surface area contributed by atoms with E-state index in [1.165, 1.54) is 257 Å². The fourth-order valence-corrected chi connectivity index (χ4v) is 9.94. The highest BCUT2D eigenvalue weighted by Gasteiger charge is 2.18. The van der Waals surface area contributed by atoms with Crippen molar-refractivity contribution in [2.45, 2.75) is 353 Å². The zero-order valence-corrected chi connectivity index (χ0v) is 50.0. The lowest BCUT2D eigenvalue weighted by Gasteiger charge is -2.20. The number of carbonyl (C=O) groups excluding carboxylic acids is 2. The van der Waals surface area contributed by atoms with Crippen LogP contribution in [0.1, 0.15) is 341 Å². The Morgan fingerprint density at radius 1 is 0.373 bits per heavy atom. The van der Waals surface area contributed by atoms with Crippen LogP contribution in [0.5, 0.6) is 0 Å². The van der Waals surface area contributed by atoms with Crippen molar-refractivity contribution in [1.82, 2.24) is 5.32 Å².